The van der Waals surface area contributed by atoms with Gasteiger partial charge in [0.15, 0.2) is 0 Å². The standard InChI is InChI=1S/C30H37N3O4S/c1-22(2)26-15-17-27(18-16-26)33(38(5,36)37)21-29(34)32(20-25-13-11-23(3)12-14-25)28(30(35)31-4)19-24-9-7-6-8-10-24/h6-18,22,28H,19-21H2,1-5H3,(H,31,35)/t28-/m1/s1. The lowest BCUT2D eigenvalue weighted by molar-refractivity contribution is -0.139. The van der Waals surface area contributed by atoms with E-state index in [9.17, 15) is 18.0 Å². The summed E-state index contributed by atoms with van der Waals surface area (Å²) in [6.07, 6.45) is 1.38. The Balaban J connectivity index is 2.00. The number of anilines is 1. The van der Waals surface area contributed by atoms with E-state index in [2.05, 4.69) is 19.2 Å². The lowest BCUT2D eigenvalue weighted by Gasteiger charge is -2.33. The molecule has 0 aliphatic carbocycles. The minimum absolute atomic E-state index is 0.161. The van der Waals surface area contributed by atoms with Gasteiger partial charge in [-0.15, -0.1) is 0 Å². The van der Waals surface area contributed by atoms with Gasteiger partial charge in [0.05, 0.1) is 11.9 Å². The molecule has 8 heteroatoms. The van der Waals surface area contributed by atoms with E-state index in [0.717, 1.165) is 32.8 Å². The smallest absolute Gasteiger partial charge is 0.244 e. The van der Waals surface area contributed by atoms with Crippen molar-refractivity contribution >= 4 is 27.5 Å². The first kappa shape index (κ1) is 28.9. The molecule has 0 radical (unpaired) electrons. The molecule has 0 aliphatic heterocycles. The number of benzene rings is 3. The van der Waals surface area contributed by atoms with E-state index >= 15 is 0 Å². The van der Waals surface area contributed by atoms with Crippen LogP contribution in [0.15, 0.2) is 78.9 Å². The summed E-state index contributed by atoms with van der Waals surface area (Å²) in [5.74, 6) is -0.497. The third-order valence-corrected chi connectivity index (χ3v) is 7.66. The van der Waals surface area contributed by atoms with Crippen LogP contribution in [0.5, 0.6) is 0 Å². The van der Waals surface area contributed by atoms with Crippen molar-refractivity contribution in [3.8, 4) is 0 Å². The van der Waals surface area contributed by atoms with Crippen molar-refractivity contribution in [3.05, 3.63) is 101 Å². The van der Waals surface area contributed by atoms with Crippen LogP contribution in [-0.4, -0.2) is 51.0 Å². The summed E-state index contributed by atoms with van der Waals surface area (Å²) >= 11 is 0. The molecule has 38 heavy (non-hydrogen) atoms. The van der Waals surface area contributed by atoms with Crippen molar-refractivity contribution in [2.75, 3.05) is 24.2 Å². The fourth-order valence-corrected chi connectivity index (χ4v) is 5.10. The second-order valence-electron chi connectivity index (χ2n) is 9.84. The van der Waals surface area contributed by atoms with Gasteiger partial charge in [0.1, 0.15) is 12.6 Å². The van der Waals surface area contributed by atoms with Crippen LogP contribution in [0, 0.1) is 6.92 Å². The van der Waals surface area contributed by atoms with E-state index in [-0.39, 0.29) is 18.4 Å². The molecular formula is C30H37N3O4S. The van der Waals surface area contributed by atoms with E-state index in [4.69, 9.17) is 0 Å². The SMILES string of the molecule is CNC(=O)[C@@H](Cc1ccccc1)N(Cc1ccc(C)cc1)C(=O)CN(c1ccc(C(C)C)cc1)S(C)(=O)=O. The number of hydrogen-bond acceptors (Lipinski definition) is 4. The number of hydrogen-bond donors (Lipinski definition) is 1. The van der Waals surface area contributed by atoms with Gasteiger partial charge >= 0.3 is 0 Å². The number of nitrogens with zero attached hydrogens (tertiary/aromatic N) is 2. The Hall–Kier alpha value is -3.65. The summed E-state index contributed by atoms with van der Waals surface area (Å²) in [6, 6.07) is 23.5. The zero-order valence-corrected chi connectivity index (χ0v) is 23.5. The van der Waals surface area contributed by atoms with Crippen LogP contribution in [-0.2, 0) is 32.6 Å². The Labute approximate surface area is 226 Å². The summed E-state index contributed by atoms with van der Waals surface area (Å²) in [4.78, 5) is 28.5. The minimum Gasteiger partial charge on any atom is -0.357 e. The maximum absolute atomic E-state index is 13.9. The van der Waals surface area contributed by atoms with E-state index in [1.807, 2.05) is 73.7 Å². The van der Waals surface area contributed by atoms with Crippen molar-refractivity contribution in [2.45, 2.75) is 45.7 Å². The molecule has 2 amide bonds. The van der Waals surface area contributed by atoms with Gasteiger partial charge in [0, 0.05) is 20.0 Å². The highest BCUT2D eigenvalue weighted by molar-refractivity contribution is 7.92. The number of nitrogens with one attached hydrogen (secondary N) is 1. The van der Waals surface area contributed by atoms with E-state index in [0.29, 0.717) is 12.1 Å². The monoisotopic (exact) mass is 535 g/mol. The molecule has 3 aromatic carbocycles. The quantitative estimate of drug-likeness (QED) is 0.397. The molecule has 0 bridgehead atoms. The number of rotatable bonds is 11. The molecule has 0 aliphatic rings. The minimum atomic E-state index is -3.78. The Morgan fingerprint density at radius 3 is 2.00 bits per heavy atom. The summed E-state index contributed by atoms with van der Waals surface area (Å²) in [5, 5.41) is 2.68. The second-order valence-corrected chi connectivity index (χ2v) is 11.7. The maximum Gasteiger partial charge on any atom is 0.244 e. The lowest BCUT2D eigenvalue weighted by Crippen LogP contribution is -2.52. The summed E-state index contributed by atoms with van der Waals surface area (Å²) in [7, 11) is -2.25. The predicted molar refractivity (Wildman–Crippen MR) is 152 cm³/mol. The topological polar surface area (TPSA) is 86.8 Å². The second kappa shape index (κ2) is 12.7. The number of amides is 2. The molecule has 0 heterocycles. The van der Waals surface area contributed by atoms with E-state index < -0.39 is 28.5 Å². The maximum atomic E-state index is 13.9. The molecule has 7 nitrogen and oxygen atoms in total. The average Bonchev–Trinajstić information content (AvgIpc) is 2.89. The van der Waals surface area contributed by atoms with Gasteiger partial charge in [0.2, 0.25) is 21.8 Å². The molecule has 3 aromatic rings. The van der Waals surface area contributed by atoms with Crippen LogP contribution < -0.4 is 9.62 Å². The first-order chi connectivity index (χ1) is 18.0. The van der Waals surface area contributed by atoms with Crippen LogP contribution in [0.25, 0.3) is 0 Å². The molecular weight excluding hydrogens is 498 g/mol. The summed E-state index contributed by atoms with van der Waals surface area (Å²) < 4.78 is 26.8. The molecule has 0 aromatic heterocycles. The molecule has 0 spiro atoms. The van der Waals surface area contributed by atoms with Gasteiger partial charge < -0.3 is 10.2 Å². The largest absolute Gasteiger partial charge is 0.357 e. The third kappa shape index (κ3) is 7.68. The third-order valence-electron chi connectivity index (χ3n) is 6.52. The van der Waals surface area contributed by atoms with Crippen LogP contribution >= 0.6 is 0 Å². The van der Waals surface area contributed by atoms with Crippen molar-refractivity contribution in [3.63, 3.8) is 0 Å². The lowest BCUT2D eigenvalue weighted by atomic mass is 10.0. The van der Waals surface area contributed by atoms with Gasteiger partial charge in [-0.1, -0.05) is 86.1 Å². The van der Waals surface area contributed by atoms with Crippen LogP contribution in [0.4, 0.5) is 5.69 Å². The van der Waals surface area contributed by atoms with Gasteiger partial charge in [-0.2, -0.15) is 0 Å². The highest BCUT2D eigenvalue weighted by Gasteiger charge is 2.32. The number of aryl methyl sites for hydroxylation is 1. The molecule has 3 rings (SSSR count). The zero-order valence-electron chi connectivity index (χ0n) is 22.7. The molecule has 0 saturated heterocycles. The Bertz CT molecular complexity index is 1320. The van der Waals surface area contributed by atoms with Gasteiger partial charge in [-0.25, -0.2) is 8.42 Å². The first-order valence-electron chi connectivity index (χ1n) is 12.7. The van der Waals surface area contributed by atoms with Crippen LogP contribution in [0.1, 0.15) is 42.0 Å². The van der Waals surface area contributed by atoms with E-state index in [1.165, 1.54) is 11.9 Å². The van der Waals surface area contributed by atoms with Gasteiger partial charge in [0.25, 0.3) is 0 Å². The Kier molecular flexibility index (Phi) is 9.69. The number of carbonyl (C=O) groups is 2. The van der Waals surface area contributed by atoms with Crippen LogP contribution in [0.2, 0.25) is 0 Å². The highest BCUT2D eigenvalue weighted by atomic mass is 32.2. The number of sulfonamides is 1. The zero-order chi connectivity index (χ0) is 27.9. The molecule has 0 saturated carbocycles. The molecule has 1 atom stereocenters. The van der Waals surface area contributed by atoms with E-state index in [1.54, 1.807) is 12.1 Å². The van der Waals surface area contributed by atoms with Crippen molar-refractivity contribution < 1.29 is 18.0 Å². The molecule has 202 valence electrons. The number of carbonyl (C=O) groups excluding carboxylic acids is 2. The van der Waals surface area contributed by atoms with Crippen molar-refractivity contribution in [2.24, 2.45) is 0 Å². The Morgan fingerprint density at radius 1 is 0.868 bits per heavy atom. The molecule has 1 N–H and O–H groups in total. The van der Waals surface area contributed by atoms with Crippen molar-refractivity contribution in [1.82, 2.24) is 10.2 Å². The predicted octanol–water partition coefficient (Wildman–Crippen LogP) is 4.27. The first-order valence-corrected chi connectivity index (χ1v) is 14.5. The summed E-state index contributed by atoms with van der Waals surface area (Å²) in [5.41, 5.74) is 4.29. The van der Waals surface area contributed by atoms with Crippen molar-refractivity contribution in [1.29, 1.82) is 0 Å². The molecule has 0 unspecified atom stereocenters. The Morgan fingerprint density at radius 2 is 1.47 bits per heavy atom. The van der Waals surface area contributed by atoms with Crippen LogP contribution in [0.3, 0.4) is 0 Å². The summed E-state index contributed by atoms with van der Waals surface area (Å²) in [6.45, 7) is 5.83. The highest BCUT2D eigenvalue weighted by Crippen LogP contribution is 2.23. The fraction of sp³-hybridized carbons (Fsp3) is 0.333. The number of likely N-dealkylation sites (N-methyl/N-ethyl adjacent to an activating group) is 1. The van der Waals surface area contributed by atoms with Gasteiger partial charge in [-0.3, -0.25) is 13.9 Å². The normalized spacial score (nSPS) is 12.2. The van der Waals surface area contributed by atoms with Gasteiger partial charge in [-0.05, 0) is 41.7 Å². The average molecular weight is 536 g/mol. The fourth-order valence-electron chi connectivity index (χ4n) is 4.25. The molecule has 0 fully saturated rings.